The number of rotatable bonds is 3. The first kappa shape index (κ1) is 9.91. The molecular weight excluding hydrogens is 178 g/mol. The molecule has 1 saturated heterocycles. The van der Waals surface area contributed by atoms with Gasteiger partial charge in [-0.25, -0.2) is 9.86 Å². The minimum absolute atomic E-state index is 0.435. The second-order valence-corrected chi connectivity index (χ2v) is 4.47. The van der Waals surface area contributed by atoms with E-state index in [1.165, 1.54) is 0 Å². The molecule has 1 aliphatic rings. The maximum atomic E-state index is 10.5. The van der Waals surface area contributed by atoms with Crippen molar-refractivity contribution in [2.75, 3.05) is 19.6 Å². The summed E-state index contributed by atoms with van der Waals surface area (Å²) in [6, 6.07) is 0. The Balaban J connectivity index is 2.22. The van der Waals surface area contributed by atoms with Crippen molar-refractivity contribution in [3.63, 3.8) is 0 Å². The van der Waals surface area contributed by atoms with Crippen LogP contribution in [0.25, 0.3) is 0 Å². The summed E-state index contributed by atoms with van der Waals surface area (Å²) in [7, 11) is -3.49. The Bertz CT molecular complexity index is 221. The predicted octanol–water partition coefficient (Wildman–Crippen LogP) is -1.22. The molecule has 0 radical (unpaired) electrons. The molecule has 6 heteroatoms. The van der Waals surface area contributed by atoms with Gasteiger partial charge in [0.1, 0.15) is 0 Å². The summed E-state index contributed by atoms with van der Waals surface area (Å²) in [6.45, 7) is 2.41. The Labute approximate surface area is 72.9 Å². The van der Waals surface area contributed by atoms with Gasteiger partial charge in [0.2, 0.25) is 0 Å². The molecule has 1 aliphatic heterocycles. The highest BCUT2D eigenvalue weighted by Gasteiger charge is 2.14. The number of hydrogen-bond acceptors (Lipinski definition) is 3. The summed E-state index contributed by atoms with van der Waals surface area (Å²) >= 11 is 0. The van der Waals surface area contributed by atoms with Gasteiger partial charge in [0, 0.05) is 6.54 Å². The van der Waals surface area contributed by atoms with E-state index < -0.39 is 10.2 Å². The topological polar surface area (TPSA) is 84.2 Å². The van der Waals surface area contributed by atoms with Gasteiger partial charge in [0.25, 0.3) is 10.2 Å². The lowest BCUT2D eigenvalue weighted by atomic mass is 9.99. The normalized spacial score (nSPS) is 21.1. The van der Waals surface area contributed by atoms with Crippen molar-refractivity contribution in [2.45, 2.75) is 12.8 Å². The van der Waals surface area contributed by atoms with Crippen molar-refractivity contribution < 1.29 is 8.42 Å². The third kappa shape index (κ3) is 4.01. The molecule has 0 saturated carbocycles. The van der Waals surface area contributed by atoms with Crippen LogP contribution in [0.5, 0.6) is 0 Å². The summed E-state index contributed by atoms with van der Waals surface area (Å²) in [6.07, 6.45) is 2.03. The second kappa shape index (κ2) is 4.18. The Morgan fingerprint density at radius 2 is 2.00 bits per heavy atom. The minimum Gasteiger partial charge on any atom is -0.317 e. The molecule has 0 aromatic rings. The summed E-state index contributed by atoms with van der Waals surface area (Å²) in [5.41, 5.74) is 0. The smallest absolute Gasteiger partial charge is 0.274 e. The van der Waals surface area contributed by atoms with Crippen LogP contribution in [0.4, 0.5) is 0 Å². The van der Waals surface area contributed by atoms with Crippen LogP contribution in [0.15, 0.2) is 0 Å². The molecule has 4 N–H and O–H groups in total. The maximum Gasteiger partial charge on any atom is 0.274 e. The first-order valence-electron chi connectivity index (χ1n) is 4.06. The van der Waals surface area contributed by atoms with Gasteiger partial charge in [-0.1, -0.05) is 0 Å². The number of hydrogen-bond donors (Lipinski definition) is 3. The van der Waals surface area contributed by atoms with E-state index in [2.05, 4.69) is 10.0 Å². The summed E-state index contributed by atoms with van der Waals surface area (Å²) in [5, 5.41) is 8.00. The second-order valence-electron chi connectivity index (χ2n) is 3.09. The van der Waals surface area contributed by atoms with Gasteiger partial charge in [-0.05, 0) is 31.8 Å². The summed E-state index contributed by atoms with van der Waals surface area (Å²) in [5.74, 6) is 0.435. The molecule has 0 unspecified atom stereocenters. The van der Waals surface area contributed by atoms with Crippen LogP contribution in [-0.2, 0) is 10.2 Å². The van der Waals surface area contributed by atoms with Crippen molar-refractivity contribution in [2.24, 2.45) is 11.1 Å². The van der Waals surface area contributed by atoms with Gasteiger partial charge < -0.3 is 5.32 Å². The molecule has 0 spiro atoms. The Morgan fingerprint density at radius 1 is 1.42 bits per heavy atom. The molecule has 0 aliphatic carbocycles. The molecule has 72 valence electrons. The zero-order valence-corrected chi connectivity index (χ0v) is 7.73. The summed E-state index contributed by atoms with van der Waals surface area (Å²) in [4.78, 5) is 0. The molecular formula is C6H15N3O2S. The highest BCUT2D eigenvalue weighted by atomic mass is 32.2. The molecule has 0 aromatic heterocycles. The Morgan fingerprint density at radius 3 is 2.50 bits per heavy atom. The maximum absolute atomic E-state index is 10.5. The molecule has 0 bridgehead atoms. The SMILES string of the molecule is NS(=O)(=O)NCC1CCNCC1. The van der Waals surface area contributed by atoms with Crippen molar-refractivity contribution in [3.05, 3.63) is 0 Å². The van der Waals surface area contributed by atoms with Crippen LogP contribution >= 0.6 is 0 Å². The number of nitrogens with two attached hydrogens (primary N) is 1. The molecule has 1 rings (SSSR count). The van der Waals surface area contributed by atoms with Crippen LogP contribution in [0.2, 0.25) is 0 Å². The summed E-state index contributed by atoms with van der Waals surface area (Å²) < 4.78 is 23.4. The Kier molecular flexibility index (Phi) is 3.45. The van der Waals surface area contributed by atoms with Crippen LogP contribution in [0.3, 0.4) is 0 Å². The van der Waals surface area contributed by atoms with Gasteiger partial charge in [-0.3, -0.25) is 0 Å². The van der Waals surface area contributed by atoms with Gasteiger partial charge in [0.05, 0.1) is 0 Å². The quantitative estimate of drug-likeness (QED) is 0.525. The molecule has 12 heavy (non-hydrogen) atoms. The largest absolute Gasteiger partial charge is 0.317 e. The van der Waals surface area contributed by atoms with Crippen molar-refractivity contribution in [1.82, 2.24) is 10.0 Å². The van der Waals surface area contributed by atoms with Crippen LogP contribution < -0.4 is 15.2 Å². The van der Waals surface area contributed by atoms with Gasteiger partial charge in [0.15, 0.2) is 0 Å². The highest BCUT2D eigenvalue weighted by Crippen LogP contribution is 2.09. The van der Waals surface area contributed by atoms with E-state index in [1.807, 2.05) is 0 Å². The minimum atomic E-state index is -3.49. The zero-order valence-electron chi connectivity index (χ0n) is 6.91. The third-order valence-electron chi connectivity index (χ3n) is 2.03. The van der Waals surface area contributed by atoms with E-state index in [1.54, 1.807) is 0 Å². The van der Waals surface area contributed by atoms with Crippen molar-refractivity contribution in [1.29, 1.82) is 0 Å². The van der Waals surface area contributed by atoms with E-state index in [0.29, 0.717) is 12.5 Å². The van der Waals surface area contributed by atoms with E-state index in [0.717, 1.165) is 25.9 Å². The van der Waals surface area contributed by atoms with Gasteiger partial charge in [-0.15, -0.1) is 0 Å². The van der Waals surface area contributed by atoms with Crippen molar-refractivity contribution >= 4 is 10.2 Å². The monoisotopic (exact) mass is 193 g/mol. The zero-order chi connectivity index (χ0) is 9.03. The number of nitrogens with one attached hydrogen (secondary N) is 2. The first-order valence-corrected chi connectivity index (χ1v) is 5.60. The van der Waals surface area contributed by atoms with E-state index in [9.17, 15) is 8.42 Å². The third-order valence-corrected chi connectivity index (χ3v) is 2.60. The van der Waals surface area contributed by atoms with Gasteiger partial charge >= 0.3 is 0 Å². The lowest BCUT2D eigenvalue weighted by Crippen LogP contribution is -2.38. The molecule has 1 fully saturated rings. The van der Waals surface area contributed by atoms with Crippen molar-refractivity contribution in [3.8, 4) is 0 Å². The fourth-order valence-corrected chi connectivity index (χ4v) is 1.79. The number of piperidine rings is 1. The fourth-order valence-electron chi connectivity index (χ4n) is 1.32. The Hall–Kier alpha value is -0.170. The average Bonchev–Trinajstić information content (AvgIpc) is 2.02. The average molecular weight is 193 g/mol. The van der Waals surface area contributed by atoms with Crippen LogP contribution in [-0.4, -0.2) is 28.1 Å². The molecule has 0 amide bonds. The fraction of sp³-hybridized carbons (Fsp3) is 1.00. The van der Waals surface area contributed by atoms with Crippen LogP contribution in [0, 0.1) is 5.92 Å². The molecule has 0 aromatic carbocycles. The lowest BCUT2D eigenvalue weighted by molar-refractivity contribution is 0.372. The van der Waals surface area contributed by atoms with E-state index in [-0.39, 0.29) is 0 Å². The molecule has 0 atom stereocenters. The van der Waals surface area contributed by atoms with E-state index in [4.69, 9.17) is 5.14 Å². The first-order chi connectivity index (χ1) is 5.58. The van der Waals surface area contributed by atoms with E-state index >= 15 is 0 Å². The standard InChI is InChI=1S/C6H15N3O2S/c7-12(10,11)9-5-6-1-3-8-4-2-6/h6,8-9H,1-5H2,(H2,7,10,11). The molecule has 5 nitrogen and oxygen atoms in total. The highest BCUT2D eigenvalue weighted by molar-refractivity contribution is 7.87. The lowest BCUT2D eigenvalue weighted by Gasteiger charge is -2.22. The molecule has 1 heterocycles. The predicted molar refractivity (Wildman–Crippen MR) is 46.7 cm³/mol. The van der Waals surface area contributed by atoms with Gasteiger partial charge in [-0.2, -0.15) is 8.42 Å². The van der Waals surface area contributed by atoms with Crippen LogP contribution in [0.1, 0.15) is 12.8 Å².